The molecule has 1 heterocycles. The number of piperidine rings is 1. The van der Waals surface area contributed by atoms with Gasteiger partial charge in [-0.05, 0) is 37.3 Å². The van der Waals surface area contributed by atoms with E-state index >= 15 is 0 Å². The molecule has 1 aliphatic rings. The molecule has 3 nitrogen and oxygen atoms in total. The normalized spacial score (nSPS) is 18.9. The summed E-state index contributed by atoms with van der Waals surface area (Å²) in [4.78, 5) is 16.1. The Morgan fingerprint density at radius 2 is 2.00 bits per heavy atom. The van der Waals surface area contributed by atoms with Gasteiger partial charge in [0.1, 0.15) is 0 Å². The first-order valence-electron chi connectivity index (χ1n) is 7.74. The third kappa shape index (κ3) is 3.33. The number of carbonyl (C=O) groups is 1. The molecule has 0 N–H and O–H groups in total. The van der Waals surface area contributed by atoms with E-state index in [4.69, 9.17) is 0 Å². The Labute approximate surface area is 122 Å². The third-order valence-electron chi connectivity index (χ3n) is 4.35. The first-order chi connectivity index (χ1) is 9.65. The van der Waals surface area contributed by atoms with Crippen LogP contribution in [0.1, 0.15) is 43.7 Å². The highest BCUT2D eigenvalue weighted by Crippen LogP contribution is 2.27. The van der Waals surface area contributed by atoms with Gasteiger partial charge in [-0.25, -0.2) is 4.79 Å². The zero-order valence-corrected chi connectivity index (χ0v) is 12.9. The van der Waals surface area contributed by atoms with Gasteiger partial charge in [0.2, 0.25) is 0 Å². The van der Waals surface area contributed by atoms with Gasteiger partial charge < -0.3 is 9.80 Å². The fourth-order valence-electron chi connectivity index (χ4n) is 2.83. The predicted octanol–water partition coefficient (Wildman–Crippen LogP) is 3.50. The molecule has 110 valence electrons. The van der Waals surface area contributed by atoms with E-state index in [0.717, 1.165) is 32.5 Å². The van der Waals surface area contributed by atoms with E-state index in [1.807, 2.05) is 18.9 Å². The van der Waals surface area contributed by atoms with Gasteiger partial charge in [-0.2, -0.15) is 0 Å². The molecule has 0 aliphatic carbocycles. The van der Waals surface area contributed by atoms with E-state index in [1.165, 1.54) is 17.5 Å². The number of nitrogens with zero attached hydrogens (tertiary/aromatic N) is 2. The number of hydrogen-bond donors (Lipinski definition) is 0. The molecule has 1 aromatic carbocycles. The number of benzene rings is 1. The summed E-state index contributed by atoms with van der Waals surface area (Å²) in [5.74, 6) is 0.490. The van der Waals surface area contributed by atoms with Crippen LogP contribution in [0, 0.1) is 0 Å². The zero-order chi connectivity index (χ0) is 14.5. The summed E-state index contributed by atoms with van der Waals surface area (Å²) < 4.78 is 0. The van der Waals surface area contributed by atoms with Crippen molar-refractivity contribution in [1.82, 2.24) is 9.80 Å². The molecule has 1 fully saturated rings. The van der Waals surface area contributed by atoms with Gasteiger partial charge in [-0.15, -0.1) is 0 Å². The lowest BCUT2D eigenvalue weighted by Gasteiger charge is -2.35. The van der Waals surface area contributed by atoms with Crippen LogP contribution in [0.3, 0.4) is 0 Å². The Morgan fingerprint density at radius 3 is 2.60 bits per heavy atom. The first kappa shape index (κ1) is 14.9. The number of aryl methyl sites for hydroxylation is 1. The molecule has 0 saturated carbocycles. The van der Waals surface area contributed by atoms with E-state index in [1.54, 1.807) is 4.90 Å². The number of rotatable bonds is 3. The highest BCUT2D eigenvalue weighted by molar-refractivity contribution is 5.74. The lowest BCUT2D eigenvalue weighted by Crippen LogP contribution is -2.45. The molecule has 3 heteroatoms. The van der Waals surface area contributed by atoms with Crippen LogP contribution in [0.5, 0.6) is 0 Å². The van der Waals surface area contributed by atoms with Gasteiger partial charge in [0.15, 0.2) is 0 Å². The molecule has 0 bridgehead atoms. The molecule has 1 unspecified atom stereocenters. The van der Waals surface area contributed by atoms with Crippen molar-refractivity contribution in [3.8, 4) is 0 Å². The second kappa shape index (κ2) is 6.78. The van der Waals surface area contributed by atoms with Crippen molar-refractivity contribution in [3.05, 3.63) is 35.4 Å². The molecule has 1 atom stereocenters. The summed E-state index contributed by atoms with van der Waals surface area (Å²) in [5, 5.41) is 0. The zero-order valence-electron chi connectivity index (χ0n) is 12.9. The van der Waals surface area contributed by atoms with Crippen molar-refractivity contribution in [1.29, 1.82) is 0 Å². The number of carbonyl (C=O) groups excluding carboxylic acids is 1. The minimum absolute atomic E-state index is 0.169. The summed E-state index contributed by atoms with van der Waals surface area (Å²) in [5.41, 5.74) is 2.75. The molecule has 2 amide bonds. The molecule has 1 aliphatic heterocycles. The van der Waals surface area contributed by atoms with Gasteiger partial charge in [0.05, 0.1) is 0 Å². The maximum absolute atomic E-state index is 12.3. The van der Waals surface area contributed by atoms with E-state index in [9.17, 15) is 4.79 Å². The predicted molar refractivity (Wildman–Crippen MR) is 83.1 cm³/mol. The van der Waals surface area contributed by atoms with Gasteiger partial charge in [-0.3, -0.25) is 0 Å². The van der Waals surface area contributed by atoms with Crippen molar-refractivity contribution in [2.75, 3.05) is 26.7 Å². The van der Waals surface area contributed by atoms with Crippen LogP contribution in [-0.4, -0.2) is 42.5 Å². The van der Waals surface area contributed by atoms with E-state index in [2.05, 4.69) is 31.2 Å². The van der Waals surface area contributed by atoms with Gasteiger partial charge in [0, 0.05) is 32.6 Å². The second-order valence-corrected chi connectivity index (χ2v) is 5.68. The van der Waals surface area contributed by atoms with Gasteiger partial charge in [0.25, 0.3) is 0 Å². The molecule has 0 spiro atoms. The SMILES string of the molecule is CCc1ccc(C2CCCN(C(=O)N(C)CC)C2)cc1. The number of hydrogen-bond acceptors (Lipinski definition) is 1. The molecule has 1 saturated heterocycles. The average Bonchev–Trinajstić information content (AvgIpc) is 2.53. The van der Waals surface area contributed by atoms with Gasteiger partial charge in [-0.1, -0.05) is 31.2 Å². The fraction of sp³-hybridized carbons (Fsp3) is 0.588. The van der Waals surface area contributed by atoms with Crippen molar-refractivity contribution in [3.63, 3.8) is 0 Å². The number of amides is 2. The number of urea groups is 1. The minimum Gasteiger partial charge on any atom is -0.328 e. The Balaban J connectivity index is 2.04. The Kier molecular flexibility index (Phi) is 5.05. The van der Waals surface area contributed by atoms with Crippen LogP contribution in [0.15, 0.2) is 24.3 Å². The van der Waals surface area contributed by atoms with Crippen molar-refractivity contribution < 1.29 is 4.79 Å². The monoisotopic (exact) mass is 274 g/mol. The largest absolute Gasteiger partial charge is 0.328 e. The topological polar surface area (TPSA) is 23.6 Å². The minimum atomic E-state index is 0.169. The Bertz CT molecular complexity index is 441. The van der Waals surface area contributed by atoms with Crippen LogP contribution in [0.25, 0.3) is 0 Å². The summed E-state index contributed by atoms with van der Waals surface area (Å²) in [6.45, 7) is 6.71. The standard InChI is InChI=1S/C17H26N2O/c1-4-14-8-10-15(11-9-14)16-7-6-12-19(13-16)17(20)18(3)5-2/h8-11,16H,4-7,12-13H2,1-3H3. The van der Waals surface area contributed by atoms with Gasteiger partial charge >= 0.3 is 6.03 Å². The summed E-state index contributed by atoms with van der Waals surface area (Å²) in [6, 6.07) is 9.08. The first-order valence-corrected chi connectivity index (χ1v) is 7.74. The molecular weight excluding hydrogens is 248 g/mol. The van der Waals surface area contributed by atoms with E-state index in [0.29, 0.717) is 5.92 Å². The van der Waals surface area contributed by atoms with E-state index < -0.39 is 0 Å². The van der Waals surface area contributed by atoms with Crippen molar-refractivity contribution in [2.24, 2.45) is 0 Å². The average molecular weight is 274 g/mol. The van der Waals surface area contributed by atoms with Crippen LogP contribution in [0.2, 0.25) is 0 Å². The molecule has 20 heavy (non-hydrogen) atoms. The summed E-state index contributed by atoms with van der Waals surface area (Å²) in [7, 11) is 1.88. The smallest absolute Gasteiger partial charge is 0.319 e. The lowest BCUT2D eigenvalue weighted by molar-refractivity contribution is 0.149. The molecular formula is C17H26N2O. The molecule has 0 radical (unpaired) electrons. The molecule has 0 aromatic heterocycles. The van der Waals surface area contributed by atoms with Crippen LogP contribution >= 0.6 is 0 Å². The third-order valence-corrected chi connectivity index (χ3v) is 4.35. The summed E-state index contributed by atoms with van der Waals surface area (Å²) >= 11 is 0. The number of likely N-dealkylation sites (tertiary alicyclic amines) is 1. The van der Waals surface area contributed by atoms with Crippen LogP contribution in [-0.2, 0) is 6.42 Å². The maximum atomic E-state index is 12.3. The maximum Gasteiger partial charge on any atom is 0.319 e. The lowest BCUT2D eigenvalue weighted by atomic mass is 9.90. The summed E-state index contributed by atoms with van der Waals surface area (Å²) in [6.07, 6.45) is 3.37. The fourth-order valence-corrected chi connectivity index (χ4v) is 2.83. The van der Waals surface area contributed by atoms with Crippen molar-refractivity contribution >= 4 is 6.03 Å². The van der Waals surface area contributed by atoms with Crippen LogP contribution < -0.4 is 0 Å². The highest BCUT2D eigenvalue weighted by atomic mass is 16.2. The Morgan fingerprint density at radius 1 is 1.30 bits per heavy atom. The molecule has 2 rings (SSSR count). The Hall–Kier alpha value is -1.51. The van der Waals surface area contributed by atoms with E-state index in [-0.39, 0.29) is 6.03 Å². The highest BCUT2D eigenvalue weighted by Gasteiger charge is 2.26. The van der Waals surface area contributed by atoms with Crippen molar-refractivity contribution in [2.45, 2.75) is 39.0 Å². The van der Waals surface area contributed by atoms with Crippen LogP contribution in [0.4, 0.5) is 4.79 Å². The second-order valence-electron chi connectivity index (χ2n) is 5.68. The molecule has 1 aromatic rings. The quantitative estimate of drug-likeness (QED) is 0.827.